The molecule has 1 aliphatic heterocycles. The average Bonchev–Trinajstić information content (AvgIpc) is 2.94. The quantitative estimate of drug-likeness (QED) is 0.600. The molecule has 3 amide bonds. The van der Waals surface area contributed by atoms with Gasteiger partial charge in [-0.2, -0.15) is 0 Å². The first-order chi connectivity index (χ1) is 14.2. The van der Waals surface area contributed by atoms with Crippen molar-refractivity contribution >= 4 is 23.5 Å². The summed E-state index contributed by atoms with van der Waals surface area (Å²) >= 11 is 6.10. The number of amides is 3. The Hall–Kier alpha value is -1.63. The lowest BCUT2D eigenvalue weighted by Crippen LogP contribution is -2.51. The lowest BCUT2D eigenvalue weighted by molar-refractivity contribution is -0.134. The highest BCUT2D eigenvalue weighted by molar-refractivity contribution is 6.31. The van der Waals surface area contributed by atoms with E-state index in [0.717, 1.165) is 29.7 Å². The number of hydrogen-bond donors (Lipinski definition) is 2. The molecule has 0 bridgehead atoms. The summed E-state index contributed by atoms with van der Waals surface area (Å²) in [5.74, 6) is 0.334. The zero-order chi connectivity index (χ0) is 21.9. The van der Waals surface area contributed by atoms with Crippen molar-refractivity contribution in [3.63, 3.8) is 0 Å². The number of carbonyl (C=O) groups excluding carboxylic acids is 2. The van der Waals surface area contributed by atoms with Crippen LogP contribution in [0.4, 0.5) is 4.79 Å². The number of halogens is 1. The molecule has 3 rings (SSSR count). The van der Waals surface area contributed by atoms with Gasteiger partial charge < -0.3 is 15.2 Å². The molecule has 1 aromatic rings. The molecule has 1 unspecified atom stereocenters. The van der Waals surface area contributed by atoms with E-state index in [0.29, 0.717) is 23.8 Å². The first-order valence-corrected chi connectivity index (χ1v) is 11.2. The van der Waals surface area contributed by atoms with Crippen LogP contribution in [0.5, 0.6) is 0 Å². The van der Waals surface area contributed by atoms with Gasteiger partial charge in [-0.05, 0) is 48.6 Å². The van der Waals surface area contributed by atoms with E-state index in [4.69, 9.17) is 16.3 Å². The van der Waals surface area contributed by atoms with Crippen molar-refractivity contribution in [3.05, 3.63) is 34.9 Å². The van der Waals surface area contributed by atoms with Gasteiger partial charge in [0.25, 0.3) is 5.91 Å². The summed E-state index contributed by atoms with van der Waals surface area (Å²) < 4.78 is 5.54. The molecule has 1 aliphatic carbocycles. The number of imide groups is 1. The average molecular weight is 437 g/mol. The Morgan fingerprint density at radius 1 is 1.30 bits per heavy atom. The van der Waals surface area contributed by atoms with Crippen LogP contribution in [0.2, 0.25) is 5.02 Å². The normalized spacial score (nSPS) is 25.6. The summed E-state index contributed by atoms with van der Waals surface area (Å²) in [5.41, 5.74) is 0.254. The van der Waals surface area contributed by atoms with Crippen molar-refractivity contribution < 1.29 is 19.4 Å². The Labute approximate surface area is 183 Å². The van der Waals surface area contributed by atoms with Crippen LogP contribution in [0.15, 0.2) is 24.3 Å². The Morgan fingerprint density at radius 2 is 1.97 bits per heavy atom. The van der Waals surface area contributed by atoms with E-state index in [-0.39, 0.29) is 31.1 Å². The van der Waals surface area contributed by atoms with Crippen LogP contribution in [0.3, 0.4) is 0 Å². The van der Waals surface area contributed by atoms with Crippen LogP contribution < -0.4 is 5.32 Å². The predicted molar refractivity (Wildman–Crippen MR) is 116 cm³/mol. The number of urea groups is 1. The van der Waals surface area contributed by atoms with Gasteiger partial charge in [0.1, 0.15) is 5.54 Å². The molecule has 166 valence electrons. The van der Waals surface area contributed by atoms with Crippen molar-refractivity contribution in [1.29, 1.82) is 0 Å². The molecule has 6 nitrogen and oxygen atoms in total. The molecule has 1 atom stereocenters. The van der Waals surface area contributed by atoms with Crippen molar-refractivity contribution in [2.75, 3.05) is 13.2 Å². The number of β-amino-alcohol motifs (C(OH)–C–C–N with tert-alkyl or cyclic N) is 1. The van der Waals surface area contributed by atoms with Gasteiger partial charge in [0.2, 0.25) is 0 Å². The number of aliphatic hydroxyl groups excluding tert-OH is 1. The molecule has 1 spiro atoms. The maximum absolute atomic E-state index is 13.1. The van der Waals surface area contributed by atoms with Crippen molar-refractivity contribution in [1.82, 2.24) is 10.2 Å². The minimum absolute atomic E-state index is 0.0159. The maximum atomic E-state index is 13.1. The van der Waals surface area contributed by atoms with Crippen LogP contribution >= 0.6 is 11.6 Å². The Balaban J connectivity index is 1.52. The molecular formula is C23H33ClN2O4. The Bertz CT molecular complexity index is 774. The lowest BCUT2D eigenvalue weighted by Gasteiger charge is -2.42. The third-order valence-electron chi connectivity index (χ3n) is 7.02. The minimum atomic E-state index is -0.951. The number of benzene rings is 1. The predicted octanol–water partition coefficient (Wildman–Crippen LogP) is 4.13. The molecule has 1 saturated carbocycles. The van der Waals surface area contributed by atoms with Crippen molar-refractivity contribution in [2.45, 2.75) is 71.1 Å². The number of ether oxygens (including phenoxy) is 1. The summed E-state index contributed by atoms with van der Waals surface area (Å²) in [4.78, 5) is 26.7. The number of hydrogen-bond acceptors (Lipinski definition) is 4. The second-order valence-electron chi connectivity index (χ2n) is 9.30. The van der Waals surface area contributed by atoms with Gasteiger partial charge in [-0.15, -0.1) is 0 Å². The third kappa shape index (κ3) is 4.82. The van der Waals surface area contributed by atoms with E-state index in [9.17, 15) is 14.7 Å². The number of rotatable bonds is 8. The van der Waals surface area contributed by atoms with Gasteiger partial charge in [-0.1, -0.05) is 57.0 Å². The van der Waals surface area contributed by atoms with Gasteiger partial charge in [-0.3, -0.25) is 9.69 Å². The Kier molecular flexibility index (Phi) is 7.10. The molecule has 0 radical (unpaired) electrons. The van der Waals surface area contributed by atoms with Gasteiger partial charge in [-0.25, -0.2) is 4.79 Å². The Morgan fingerprint density at radius 3 is 2.60 bits per heavy atom. The second-order valence-corrected chi connectivity index (χ2v) is 9.71. The molecular weight excluding hydrogens is 404 g/mol. The SMILES string of the molecule is CCC(C)(C)C1CCC2(CC1)NC(=O)N(CC(O)COCc1ccccc1Cl)C2=O. The molecule has 2 N–H and O–H groups in total. The monoisotopic (exact) mass is 436 g/mol. The van der Waals surface area contributed by atoms with Gasteiger partial charge in [0, 0.05) is 5.02 Å². The van der Waals surface area contributed by atoms with E-state index >= 15 is 0 Å². The topological polar surface area (TPSA) is 78.9 Å². The highest BCUT2D eigenvalue weighted by Gasteiger charge is 2.53. The summed E-state index contributed by atoms with van der Waals surface area (Å²) in [6, 6.07) is 6.92. The number of nitrogens with one attached hydrogen (secondary N) is 1. The molecule has 1 aromatic carbocycles. The lowest BCUT2D eigenvalue weighted by atomic mass is 9.65. The van der Waals surface area contributed by atoms with Gasteiger partial charge >= 0.3 is 6.03 Å². The van der Waals surface area contributed by atoms with Crippen LogP contribution in [0.1, 0.15) is 58.4 Å². The van der Waals surface area contributed by atoms with E-state index in [1.165, 1.54) is 0 Å². The second kappa shape index (κ2) is 9.25. The number of aliphatic hydroxyl groups is 1. The van der Waals surface area contributed by atoms with Gasteiger partial charge in [0.05, 0.1) is 25.9 Å². The van der Waals surface area contributed by atoms with Crippen molar-refractivity contribution in [3.8, 4) is 0 Å². The zero-order valence-corrected chi connectivity index (χ0v) is 18.9. The molecule has 7 heteroatoms. The van der Waals surface area contributed by atoms with Crippen LogP contribution in [-0.2, 0) is 16.1 Å². The number of carbonyl (C=O) groups is 2. The van der Waals surface area contributed by atoms with E-state index in [1.807, 2.05) is 18.2 Å². The standard InChI is InChI=1S/C23H33ClN2O4/c1-4-22(2,3)17-9-11-23(12-10-17)20(28)26(21(29)25-23)13-18(27)15-30-14-16-7-5-6-8-19(16)24/h5-8,17-18,27H,4,9-15H2,1-3H3,(H,25,29). The van der Waals surface area contributed by atoms with Gasteiger partial charge in [0.15, 0.2) is 0 Å². The van der Waals surface area contributed by atoms with Crippen LogP contribution in [-0.4, -0.2) is 46.7 Å². The summed E-state index contributed by atoms with van der Waals surface area (Å²) in [6.07, 6.45) is 3.29. The largest absolute Gasteiger partial charge is 0.389 e. The first kappa shape index (κ1) is 23.0. The molecule has 2 fully saturated rings. The molecule has 1 heterocycles. The van der Waals surface area contributed by atoms with E-state index in [1.54, 1.807) is 6.07 Å². The van der Waals surface area contributed by atoms with E-state index < -0.39 is 17.7 Å². The molecule has 0 aromatic heterocycles. The number of nitrogens with zero attached hydrogens (tertiary/aromatic N) is 1. The summed E-state index contributed by atoms with van der Waals surface area (Å²) in [5, 5.41) is 13.9. The smallest absolute Gasteiger partial charge is 0.325 e. The zero-order valence-electron chi connectivity index (χ0n) is 18.1. The molecule has 30 heavy (non-hydrogen) atoms. The first-order valence-electron chi connectivity index (χ1n) is 10.8. The molecule has 2 aliphatic rings. The summed E-state index contributed by atoms with van der Waals surface area (Å²) in [6.45, 7) is 6.95. The third-order valence-corrected chi connectivity index (χ3v) is 7.39. The fourth-order valence-electron chi connectivity index (χ4n) is 4.55. The van der Waals surface area contributed by atoms with E-state index in [2.05, 4.69) is 26.1 Å². The minimum Gasteiger partial charge on any atom is -0.389 e. The highest BCUT2D eigenvalue weighted by atomic mass is 35.5. The van der Waals surface area contributed by atoms with Crippen LogP contribution in [0.25, 0.3) is 0 Å². The fourth-order valence-corrected chi connectivity index (χ4v) is 4.74. The summed E-state index contributed by atoms with van der Waals surface area (Å²) in [7, 11) is 0. The van der Waals surface area contributed by atoms with Crippen molar-refractivity contribution in [2.24, 2.45) is 11.3 Å². The molecule has 1 saturated heterocycles. The maximum Gasteiger partial charge on any atom is 0.325 e. The highest BCUT2D eigenvalue weighted by Crippen LogP contribution is 2.45. The van der Waals surface area contributed by atoms with Crippen LogP contribution in [0, 0.1) is 11.3 Å². The fraction of sp³-hybridized carbons (Fsp3) is 0.652.